The number of carbonyl (C=O) groups is 1. The molecule has 0 unspecified atom stereocenters. The average Bonchev–Trinajstić information content (AvgIpc) is 2.60. The Balaban J connectivity index is 1.77. The molecule has 0 bridgehead atoms. The van der Waals surface area contributed by atoms with E-state index >= 15 is 0 Å². The Bertz CT molecular complexity index is 932. The van der Waals surface area contributed by atoms with Crippen LogP contribution in [0.3, 0.4) is 0 Å². The summed E-state index contributed by atoms with van der Waals surface area (Å²) < 4.78 is 0. The first-order chi connectivity index (χ1) is 11.6. The molecule has 0 aromatic heterocycles. The smallest absolute Gasteiger partial charge is 0.335 e. The Morgan fingerprint density at radius 1 is 0.875 bits per heavy atom. The molecule has 0 fully saturated rings. The highest BCUT2D eigenvalue weighted by molar-refractivity contribution is 5.88. The van der Waals surface area contributed by atoms with Crippen LogP contribution in [0.1, 0.15) is 28.4 Å². The fourth-order valence-electron chi connectivity index (χ4n) is 2.57. The van der Waals surface area contributed by atoms with E-state index in [2.05, 4.69) is 42.5 Å². The van der Waals surface area contributed by atoms with Crippen molar-refractivity contribution in [3.05, 3.63) is 95.1 Å². The molecule has 0 amide bonds. The Morgan fingerprint density at radius 2 is 1.54 bits per heavy atom. The number of rotatable bonds is 4. The number of allylic oxidation sites excluding steroid dienone is 2. The molecule has 3 aromatic rings. The second-order valence-electron chi connectivity index (χ2n) is 5.76. The molecular weight excluding hydrogens is 296 g/mol. The Kier molecular flexibility index (Phi) is 4.57. The van der Waals surface area contributed by atoms with Gasteiger partial charge in [-0.25, -0.2) is 4.79 Å². The van der Waals surface area contributed by atoms with Crippen molar-refractivity contribution in [1.82, 2.24) is 0 Å². The average molecular weight is 314 g/mol. The minimum atomic E-state index is -0.904. The molecule has 0 atom stereocenters. The van der Waals surface area contributed by atoms with Crippen LogP contribution < -0.4 is 0 Å². The van der Waals surface area contributed by atoms with Crippen LogP contribution in [0.4, 0.5) is 0 Å². The zero-order valence-electron chi connectivity index (χ0n) is 13.4. The van der Waals surface area contributed by atoms with E-state index in [1.165, 1.54) is 10.8 Å². The summed E-state index contributed by atoms with van der Waals surface area (Å²) in [7, 11) is 0. The summed E-state index contributed by atoms with van der Waals surface area (Å²) in [6.45, 7) is 2.03. The van der Waals surface area contributed by atoms with Gasteiger partial charge in [-0.3, -0.25) is 0 Å². The standard InChI is InChI=1S/C22H18O2/c1-16(14-17-9-12-20(13-10-17)22(23)24)6-7-18-8-11-19-4-2-3-5-21(19)15-18/h2-15H,1H3,(H,23,24). The van der Waals surface area contributed by atoms with Gasteiger partial charge in [0.25, 0.3) is 0 Å². The monoisotopic (exact) mass is 314 g/mol. The molecule has 0 aliphatic carbocycles. The van der Waals surface area contributed by atoms with E-state index in [0.717, 1.165) is 16.7 Å². The summed E-state index contributed by atoms with van der Waals surface area (Å²) in [5, 5.41) is 11.4. The topological polar surface area (TPSA) is 37.3 Å². The number of fused-ring (bicyclic) bond motifs is 1. The van der Waals surface area contributed by atoms with Crippen LogP contribution in [-0.2, 0) is 0 Å². The molecule has 0 aliphatic heterocycles. The number of hydrogen-bond donors (Lipinski definition) is 1. The van der Waals surface area contributed by atoms with Gasteiger partial charge in [0, 0.05) is 0 Å². The van der Waals surface area contributed by atoms with Crippen LogP contribution in [0.25, 0.3) is 22.9 Å². The van der Waals surface area contributed by atoms with E-state index in [1.54, 1.807) is 12.1 Å². The van der Waals surface area contributed by atoms with Gasteiger partial charge in [0.15, 0.2) is 0 Å². The van der Waals surface area contributed by atoms with E-state index in [0.29, 0.717) is 5.56 Å². The minimum absolute atomic E-state index is 0.302. The first-order valence-corrected chi connectivity index (χ1v) is 7.80. The summed E-state index contributed by atoms with van der Waals surface area (Å²) in [5.74, 6) is -0.904. The van der Waals surface area contributed by atoms with Crippen LogP contribution in [0.2, 0.25) is 0 Å². The van der Waals surface area contributed by atoms with Gasteiger partial charge in [0.1, 0.15) is 0 Å². The lowest BCUT2D eigenvalue weighted by Gasteiger charge is -2.00. The molecule has 3 rings (SSSR count). The molecular formula is C22H18O2. The maximum absolute atomic E-state index is 10.9. The van der Waals surface area contributed by atoms with Gasteiger partial charge in [-0.2, -0.15) is 0 Å². The molecule has 2 nitrogen and oxygen atoms in total. The maximum atomic E-state index is 10.9. The zero-order valence-corrected chi connectivity index (χ0v) is 13.4. The normalized spacial score (nSPS) is 12.0. The summed E-state index contributed by atoms with van der Waals surface area (Å²) in [4.78, 5) is 10.9. The summed E-state index contributed by atoms with van der Waals surface area (Å²) in [5.41, 5.74) is 3.55. The molecule has 0 spiro atoms. The van der Waals surface area contributed by atoms with Gasteiger partial charge in [0.2, 0.25) is 0 Å². The third-order valence-electron chi connectivity index (χ3n) is 3.86. The van der Waals surface area contributed by atoms with Gasteiger partial charge in [-0.15, -0.1) is 0 Å². The molecule has 0 radical (unpaired) electrons. The first kappa shape index (κ1) is 15.8. The second kappa shape index (κ2) is 6.97. The molecule has 0 saturated heterocycles. The third-order valence-corrected chi connectivity index (χ3v) is 3.86. The van der Waals surface area contributed by atoms with Gasteiger partial charge in [-0.05, 0) is 47.0 Å². The van der Waals surface area contributed by atoms with Crippen molar-refractivity contribution in [2.75, 3.05) is 0 Å². The summed E-state index contributed by atoms with van der Waals surface area (Å²) >= 11 is 0. The van der Waals surface area contributed by atoms with Crippen molar-refractivity contribution >= 4 is 28.9 Å². The second-order valence-corrected chi connectivity index (χ2v) is 5.76. The maximum Gasteiger partial charge on any atom is 0.335 e. The summed E-state index contributed by atoms with van der Waals surface area (Å²) in [6.07, 6.45) is 6.18. The van der Waals surface area contributed by atoms with Crippen molar-refractivity contribution < 1.29 is 9.90 Å². The van der Waals surface area contributed by atoms with Crippen molar-refractivity contribution in [1.29, 1.82) is 0 Å². The van der Waals surface area contributed by atoms with Crippen LogP contribution in [0, 0.1) is 0 Å². The van der Waals surface area contributed by atoms with Crippen LogP contribution in [0.15, 0.2) is 78.4 Å². The lowest BCUT2D eigenvalue weighted by Crippen LogP contribution is -1.94. The van der Waals surface area contributed by atoms with Crippen LogP contribution >= 0.6 is 0 Å². The third kappa shape index (κ3) is 3.79. The lowest BCUT2D eigenvalue weighted by atomic mass is 10.1. The van der Waals surface area contributed by atoms with Crippen LogP contribution in [-0.4, -0.2) is 11.1 Å². The predicted molar refractivity (Wildman–Crippen MR) is 100 cm³/mol. The molecule has 0 aliphatic rings. The fourth-order valence-corrected chi connectivity index (χ4v) is 2.57. The number of carboxylic acids is 1. The van der Waals surface area contributed by atoms with Gasteiger partial charge in [-0.1, -0.05) is 72.3 Å². The number of carboxylic acid groups (broad SMARTS) is 1. The largest absolute Gasteiger partial charge is 0.478 e. The zero-order chi connectivity index (χ0) is 16.9. The summed E-state index contributed by atoms with van der Waals surface area (Å²) in [6, 6.07) is 21.6. The molecule has 1 N–H and O–H groups in total. The lowest BCUT2D eigenvalue weighted by molar-refractivity contribution is 0.0697. The highest BCUT2D eigenvalue weighted by Gasteiger charge is 2.00. The Morgan fingerprint density at radius 3 is 2.25 bits per heavy atom. The van der Waals surface area contributed by atoms with Gasteiger partial charge >= 0.3 is 5.97 Å². The fraction of sp³-hybridized carbons (Fsp3) is 0.0455. The molecule has 118 valence electrons. The highest BCUT2D eigenvalue weighted by Crippen LogP contribution is 2.17. The van der Waals surface area contributed by atoms with Crippen LogP contribution in [0.5, 0.6) is 0 Å². The van der Waals surface area contributed by atoms with Crippen molar-refractivity contribution in [2.24, 2.45) is 0 Å². The number of hydrogen-bond acceptors (Lipinski definition) is 1. The molecule has 2 heteroatoms. The van der Waals surface area contributed by atoms with Crippen molar-refractivity contribution in [3.63, 3.8) is 0 Å². The Labute approximate surface area is 141 Å². The predicted octanol–water partition coefficient (Wildman–Crippen LogP) is 5.65. The number of benzene rings is 3. The van der Waals surface area contributed by atoms with Crippen molar-refractivity contribution in [3.8, 4) is 0 Å². The van der Waals surface area contributed by atoms with E-state index in [4.69, 9.17) is 5.11 Å². The highest BCUT2D eigenvalue weighted by atomic mass is 16.4. The SMILES string of the molecule is CC(C=Cc1ccc2ccccc2c1)=Cc1ccc(C(=O)O)cc1. The quantitative estimate of drug-likeness (QED) is 0.631. The number of aromatic carboxylic acids is 1. The molecule has 24 heavy (non-hydrogen) atoms. The van der Waals surface area contributed by atoms with E-state index in [9.17, 15) is 4.79 Å². The van der Waals surface area contributed by atoms with Gasteiger partial charge in [0.05, 0.1) is 5.56 Å². The molecule has 0 heterocycles. The van der Waals surface area contributed by atoms with Gasteiger partial charge < -0.3 is 5.11 Å². The van der Waals surface area contributed by atoms with E-state index < -0.39 is 5.97 Å². The van der Waals surface area contributed by atoms with E-state index in [1.807, 2.05) is 37.3 Å². The minimum Gasteiger partial charge on any atom is -0.478 e. The molecule has 3 aromatic carbocycles. The molecule has 0 saturated carbocycles. The van der Waals surface area contributed by atoms with E-state index in [-0.39, 0.29) is 0 Å². The van der Waals surface area contributed by atoms with Crippen molar-refractivity contribution in [2.45, 2.75) is 6.92 Å². The Hall–Kier alpha value is -3.13. The first-order valence-electron chi connectivity index (χ1n) is 7.80.